The van der Waals surface area contributed by atoms with E-state index >= 15 is 0 Å². The standard InChI is InChI=1S/C15H20F2N2O3/c1-15(2,3)12(20)6-7-18-13(21)14(22)19-11-8-9(16)4-5-10(11)17/h4-5,8,12,20H,6-7H2,1-3H3,(H,18,21)(H,19,22). The van der Waals surface area contributed by atoms with Gasteiger partial charge in [-0.3, -0.25) is 9.59 Å². The van der Waals surface area contributed by atoms with Gasteiger partial charge in [0.1, 0.15) is 11.6 Å². The Hall–Kier alpha value is -2.02. The largest absolute Gasteiger partial charge is 0.393 e. The molecular formula is C15H20F2N2O3. The molecule has 0 fully saturated rings. The van der Waals surface area contributed by atoms with Gasteiger partial charge in [-0.1, -0.05) is 20.8 Å². The van der Waals surface area contributed by atoms with Crippen molar-refractivity contribution in [3.8, 4) is 0 Å². The first-order valence-electron chi connectivity index (χ1n) is 6.83. The van der Waals surface area contributed by atoms with Crippen LogP contribution in [0.4, 0.5) is 14.5 Å². The quantitative estimate of drug-likeness (QED) is 0.742. The lowest BCUT2D eigenvalue weighted by Gasteiger charge is -2.25. The van der Waals surface area contributed by atoms with Crippen molar-refractivity contribution in [2.45, 2.75) is 33.3 Å². The third kappa shape index (κ3) is 5.40. The van der Waals surface area contributed by atoms with Gasteiger partial charge in [-0.05, 0) is 24.0 Å². The fourth-order valence-electron chi connectivity index (χ4n) is 1.61. The number of amides is 2. The Morgan fingerprint density at radius 2 is 1.86 bits per heavy atom. The second kappa shape index (κ2) is 7.31. The average Bonchev–Trinajstić information content (AvgIpc) is 2.41. The molecule has 1 rings (SSSR count). The molecular weight excluding hydrogens is 294 g/mol. The van der Waals surface area contributed by atoms with Crippen LogP contribution in [0.5, 0.6) is 0 Å². The summed E-state index contributed by atoms with van der Waals surface area (Å²) in [4.78, 5) is 23.1. The molecule has 1 unspecified atom stereocenters. The van der Waals surface area contributed by atoms with E-state index in [2.05, 4.69) is 5.32 Å². The number of carbonyl (C=O) groups excluding carboxylic acids is 2. The smallest absolute Gasteiger partial charge is 0.313 e. The molecule has 1 atom stereocenters. The molecule has 0 saturated heterocycles. The fourth-order valence-corrected chi connectivity index (χ4v) is 1.61. The summed E-state index contributed by atoms with van der Waals surface area (Å²) in [7, 11) is 0. The molecule has 7 heteroatoms. The maximum Gasteiger partial charge on any atom is 0.313 e. The van der Waals surface area contributed by atoms with Crippen molar-refractivity contribution >= 4 is 17.5 Å². The first-order chi connectivity index (χ1) is 10.1. The molecule has 0 radical (unpaired) electrons. The highest BCUT2D eigenvalue weighted by molar-refractivity contribution is 6.39. The molecule has 0 aliphatic rings. The molecule has 2 amide bonds. The monoisotopic (exact) mass is 314 g/mol. The van der Waals surface area contributed by atoms with Crippen LogP contribution in [0.1, 0.15) is 27.2 Å². The van der Waals surface area contributed by atoms with Crippen LogP contribution in [0, 0.1) is 17.0 Å². The predicted octanol–water partition coefficient (Wildman–Crippen LogP) is 1.82. The Kier molecular flexibility index (Phi) is 5.99. The van der Waals surface area contributed by atoms with E-state index in [1.807, 2.05) is 26.1 Å². The minimum absolute atomic E-state index is 0.0936. The van der Waals surface area contributed by atoms with Crippen molar-refractivity contribution in [3.63, 3.8) is 0 Å². The Balaban J connectivity index is 2.49. The van der Waals surface area contributed by atoms with Crippen LogP contribution in [0.25, 0.3) is 0 Å². The van der Waals surface area contributed by atoms with Crippen LogP contribution < -0.4 is 10.6 Å². The summed E-state index contributed by atoms with van der Waals surface area (Å²) < 4.78 is 26.3. The Labute approximate surface area is 127 Å². The number of aliphatic hydroxyl groups excluding tert-OH is 1. The first kappa shape index (κ1) is 18.0. The molecule has 0 saturated carbocycles. The number of hydrogen-bond acceptors (Lipinski definition) is 3. The zero-order valence-corrected chi connectivity index (χ0v) is 12.7. The van der Waals surface area contributed by atoms with E-state index in [1.165, 1.54) is 0 Å². The maximum absolute atomic E-state index is 13.3. The van der Waals surface area contributed by atoms with E-state index in [0.29, 0.717) is 0 Å². The number of aliphatic hydroxyl groups is 1. The summed E-state index contributed by atoms with van der Waals surface area (Å²) in [6, 6.07) is 2.53. The van der Waals surface area contributed by atoms with Crippen LogP contribution >= 0.6 is 0 Å². The molecule has 0 aliphatic carbocycles. The number of benzene rings is 1. The fraction of sp³-hybridized carbons (Fsp3) is 0.467. The van der Waals surface area contributed by atoms with Gasteiger partial charge in [0.05, 0.1) is 11.8 Å². The highest BCUT2D eigenvalue weighted by atomic mass is 19.1. The second-order valence-electron chi connectivity index (χ2n) is 6.00. The van der Waals surface area contributed by atoms with E-state index in [1.54, 1.807) is 0 Å². The van der Waals surface area contributed by atoms with Crippen LogP contribution in [-0.2, 0) is 9.59 Å². The number of halogens is 2. The molecule has 0 aromatic heterocycles. The predicted molar refractivity (Wildman–Crippen MR) is 78.1 cm³/mol. The zero-order chi connectivity index (χ0) is 16.9. The molecule has 5 nitrogen and oxygen atoms in total. The highest BCUT2D eigenvalue weighted by Gasteiger charge is 2.22. The van der Waals surface area contributed by atoms with Gasteiger partial charge in [0, 0.05) is 12.6 Å². The van der Waals surface area contributed by atoms with Crippen molar-refractivity contribution in [1.29, 1.82) is 0 Å². The second-order valence-corrected chi connectivity index (χ2v) is 6.00. The van der Waals surface area contributed by atoms with E-state index in [9.17, 15) is 23.5 Å². The van der Waals surface area contributed by atoms with Crippen LogP contribution in [0.2, 0.25) is 0 Å². The summed E-state index contributed by atoms with van der Waals surface area (Å²) in [5, 5.41) is 14.1. The van der Waals surface area contributed by atoms with E-state index in [-0.39, 0.29) is 18.4 Å². The number of nitrogens with one attached hydrogen (secondary N) is 2. The lowest BCUT2D eigenvalue weighted by Crippen LogP contribution is -2.38. The molecule has 1 aromatic carbocycles. The van der Waals surface area contributed by atoms with Crippen LogP contribution in [0.15, 0.2) is 18.2 Å². The summed E-state index contributed by atoms with van der Waals surface area (Å²) in [6.45, 7) is 5.63. The Bertz CT molecular complexity index is 556. The molecule has 3 N–H and O–H groups in total. The molecule has 122 valence electrons. The van der Waals surface area contributed by atoms with Crippen molar-refractivity contribution in [2.75, 3.05) is 11.9 Å². The molecule has 0 aliphatic heterocycles. The summed E-state index contributed by atoms with van der Waals surface area (Å²) in [6.07, 6.45) is -0.367. The lowest BCUT2D eigenvalue weighted by molar-refractivity contribution is -0.136. The third-order valence-corrected chi connectivity index (χ3v) is 3.09. The highest BCUT2D eigenvalue weighted by Crippen LogP contribution is 2.21. The lowest BCUT2D eigenvalue weighted by atomic mass is 9.87. The van der Waals surface area contributed by atoms with Crippen LogP contribution in [0.3, 0.4) is 0 Å². The number of hydrogen-bond donors (Lipinski definition) is 3. The summed E-state index contributed by atoms with van der Waals surface area (Å²) in [5.41, 5.74) is -0.743. The van der Waals surface area contributed by atoms with Gasteiger partial charge in [0.15, 0.2) is 0 Å². The topological polar surface area (TPSA) is 78.4 Å². The molecule has 22 heavy (non-hydrogen) atoms. The normalized spacial score (nSPS) is 12.6. The van der Waals surface area contributed by atoms with Gasteiger partial charge in [-0.25, -0.2) is 8.78 Å². The minimum Gasteiger partial charge on any atom is -0.393 e. The van der Waals surface area contributed by atoms with Gasteiger partial charge in [-0.2, -0.15) is 0 Å². The van der Waals surface area contributed by atoms with Crippen molar-refractivity contribution < 1.29 is 23.5 Å². The van der Waals surface area contributed by atoms with Crippen LogP contribution in [-0.4, -0.2) is 29.6 Å². The maximum atomic E-state index is 13.3. The Morgan fingerprint density at radius 3 is 2.45 bits per heavy atom. The molecule has 0 heterocycles. The molecule has 1 aromatic rings. The van der Waals surface area contributed by atoms with Crippen molar-refractivity contribution in [2.24, 2.45) is 5.41 Å². The first-order valence-corrected chi connectivity index (χ1v) is 6.83. The number of carbonyl (C=O) groups is 2. The number of rotatable bonds is 4. The van der Waals surface area contributed by atoms with Crippen molar-refractivity contribution in [1.82, 2.24) is 5.32 Å². The Morgan fingerprint density at radius 1 is 1.23 bits per heavy atom. The van der Waals surface area contributed by atoms with Gasteiger partial charge in [0.2, 0.25) is 0 Å². The van der Waals surface area contributed by atoms with Gasteiger partial charge < -0.3 is 15.7 Å². The third-order valence-electron chi connectivity index (χ3n) is 3.09. The molecule has 0 bridgehead atoms. The average molecular weight is 314 g/mol. The van der Waals surface area contributed by atoms with Gasteiger partial charge in [0.25, 0.3) is 0 Å². The molecule has 0 spiro atoms. The van der Waals surface area contributed by atoms with Gasteiger partial charge in [-0.15, -0.1) is 0 Å². The zero-order valence-electron chi connectivity index (χ0n) is 12.7. The van der Waals surface area contributed by atoms with Gasteiger partial charge >= 0.3 is 11.8 Å². The van der Waals surface area contributed by atoms with E-state index < -0.39 is 35.2 Å². The van der Waals surface area contributed by atoms with E-state index in [0.717, 1.165) is 18.2 Å². The van der Waals surface area contributed by atoms with Crippen molar-refractivity contribution in [3.05, 3.63) is 29.8 Å². The SMILES string of the molecule is CC(C)(C)C(O)CCNC(=O)C(=O)Nc1cc(F)ccc1F. The summed E-state index contributed by atoms with van der Waals surface area (Å²) >= 11 is 0. The van der Waals surface area contributed by atoms with E-state index in [4.69, 9.17) is 0 Å². The summed E-state index contributed by atoms with van der Waals surface area (Å²) in [5.74, 6) is -3.66. The number of anilines is 1. The minimum atomic E-state index is -1.10.